The summed E-state index contributed by atoms with van der Waals surface area (Å²) >= 11 is 1.79. The van der Waals surface area contributed by atoms with Gasteiger partial charge in [-0.3, -0.25) is 0 Å². The molecule has 2 nitrogen and oxygen atoms in total. The SMILES string of the molecule is CC(C)NC(CCc1ccccc1)c1nc(C(C)C)cs1. The zero-order valence-electron chi connectivity index (χ0n) is 13.5. The number of nitrogens with one attached hydrogen (secondary N) is 1. The molecule has 0 aliphatic heterocycles. The molecule has 0 amide bonds. The molecule has 1 aromatic carbocycles. The summed E-state index contributed by atoms with van der Waals surface area (Å²) < 4.78 is 0. The fourth-order valence-corrected chi connectivity index (χ4v) is 3.44. The van der Waals surface area contributed by atoms with E-state index in [4.69, 9.17) is 4.98 Å². The Bertz CT molecular complexity index is 531. The molecule has 0 radical (unpaired) electrons. The van der Waals surface area contributed by atoms with Crippen molar-refractivity contribution in [2.24, 2.45) is 0 Å². The Kier molecular flexibility index (Phi) is 5.95. The maximum absolute atomic E-state index is 4.83. The van der Waals surface area contributed by atoms with Gasteiger partial charge < -0.3 is 5.32 Å². The number of aryl methyl sites for hydroxylation is 1. The Morgan fingerprint density at radius 1 is 1.10 bits per heavy atom. The highest BCUT2D eigenvalue weighted by atomic mass is 32.1. The van der Waals surface area contributed by atoms with E-state index in [9.17, 15) is 0 Å². The highest BCUT2D eigenvalue weighted by molar-refractivity contribution is 7.09. The van der Waals surface area contributed by atoms with Crippen LogP contribution >= 0.6 is 11.3 Å². The second kappa shape index (κ2) is 7.71. The molecule has 2 aromatic rings. The lowest BCUT2D eigenvalue weighted by Crippen LogP contribution is -2.28. The van der Waals surface area contributed by atoms with Crippen molar-refractivity contribution in [1.82, 2.24) is 10.3 Å². The van der Waals surface area contributed by atoms with Crippen LogP contribution in [0, 0.1) is 0 Å². The maximum atomic E-state index is 4.83. The first-order valence-electron chi connectivity index (χ1n) is 7.81. The Morgan fingerprint density at radius 2 is 1.81 bits per heavy atom. The minimum absolute atomic E-state index is 0.350. The van der Waals surface area contributed by atoms with Gasteiger partial charge in [0.05, 0.1) is 11.7 Å². The van der Waals surface area contributed by atoms with Crippen molar-refractivity contribution in [3.8, 4) is 0 Å². The van der Waals surface area contributed by atoms with Crippen LogP contribution in [0.2, 0.25) is 0 Å². The van der Waals surface area contributed by atoms with Crippen LogP contribution < -0.4 is 5.32 Å². The summed E-state index contributed by atoms with van der Waals surface area (Å²) in [6, 6.07) is 11.5. The molecule has 1 aromatic heterocycles. The molecular weight excluding hydrogens is 276 g/mol. The van der Waals surface area contributed by atoms with Crippen LogP contribution in [0.3, 0.4) is 0 Å². The van der Waals surface area contributed by atoms with Crippen LogP contribution in [0.25, 0.3) is 0 Å². The third-order valence-corrected chi connectivity index (χ3v) is 4.51. The molecule has 1 unspecified atom stereocenters. The van der Waals surface area contributed by atoms with Crippen molar-refractivity contribution < 1.29 is 0 Å². The number of thiazole rings is 1. The molecule has 1 atom stereocenters. The lowest BCUT2D eigenvalue weighted by atomic mass is 10.0. The zero-order chi connectivity index (χ0) is 15.2. The van der Waals surface area contributed by atoms with Gasteiger partial charge in [0.15, 0.2) is 0 Å². The average molecular weight is 302 g/mol. The normalized spacial score (nSPS) is 13.0. The van der Waals surface area contributed by atoms with Gasteiger partial charge in [-0.15, -0.1) is 11.3 Å². The van der Waals surface area contributed by atoms with Crippen LogP contribution in [0.5, 0.6) is 0 Å². The fourth-order valence-electron chi connectivity index (χ4n) is 2.36. The van der Waals surface area contributed by atoms with Crippen LogP contribution in [0.1, 0.15) is 62.3 Å². The smallest absolute Gasteiger partial charge is 0.110 e. The molecule has 114 valence electrons. The van der Waals surface area contributed by atoms with Crippen molar-refractivity contribution in [2.45, 2.75) is 58.5 Å². The van der Waals surface area contributed by atoms with Crippen molar-refractivity contribution in [2.75, 3.05) is 0 Å². The van der Waals surface area contributed by atoms with Gasteiger partial charge in [0.1, 0.15) is 5.01 Å². The number of benzene rings is 1. The Balaban J connectivity index is 2.06. The van der Waals surface area contributed by atoms with Crippen molar-refractivity contribution >= 4 is 11.3 Å². The largest absolute Gasteiger partial charge is 0.306 e. The summed E-state index contributed by atoms with van der Waals surface area (Å²) in [6.07, 6.45) is 2.18. The lowest BCUT2D eigenvalue weighted by molar-refractivity contribution is 0.450. The highest BCUT2D eigenvalue weighted by Gasteiger charge is 2.17. The van der Waals surface area contributed by atoms with E-state index in [0.29, 0.717) is 18.0 Å². The molecule has 0 spiro atoms. The van der Waals surface area contributed by atoms with Gasteiger partial charge in [0.25, 0.3) is 0 Å². The van der Waals surface area contributed by atoms with E-state index in [1.165, 1.54) is 16.3 Å². The lowest BCUT2D eigenvalue weighted by Gasteiger charge is -2.19. The minimum Gasteiger partial charge on any atom is -0.306 e. The Morgan fingerprint density at radius 3 is 2.38 bits per heavy atom. The molecule has 1 N–H and O–H groups in total. The van der Waals surface area contributed by atoms with Crippen LogP contribution in [-0.2, 0) is 6.42 Å². The first-order valence-corrected chi connectivity index (χ1v) is 8.69. The molecule has 0 aliphatic carbocycles. The summed E-state index contributed by atoms with van der Waals surface area (Å²) in [5.41, 5.74) is 2.61. The summed E-state index contributed by atoms with van der Waals surface area (Å²) in [6.45, 7) is 8.81. The molecule has 0 aliphatic rings. The predicted octanol–water partition coefficient (Wildman–Crippen LogP) is 4.94. The van der Waals surface area contributed by atoms with E-state index in [2.05, 4.69) is 68.7 Å². The van der Waals surface area contributed by atoms with E-state index in [0.717, 1.165) is 12.8 Å². The average Bonchev–Trinajstić information content (AvgIpc) is 2.94. The number of nitrogens with zero attached hydrogens (tertiary/aromatic N) is 1. The van der Waals surface area contributed by atoms with Crippen LogP contribution in [0.4, 0.5) is 0 Å². The van der Waals surface area contributed by atoms with Gasteiger partial charge in [0.2, 0.25) is 0 Å². The number of hydrogen-bond acceptors (Lipinski definition) is 3. The van der Waals surface area contributed by atoms with Crippen LogP contribution in [0.15, 0.2) is 35.7 Å². The first-order chi connectivity index (χ1) is 10.1. The Labute approximate surface area is 132 Å². The molecule has 0 saturated carbocycles. The summed E-state index contributed by atoms with van der Waals surface area (Å²) in [7, 11) is 0. The van der Waals surface area contributed by atoms with Gasteiger partial charge in [0, 0.05) is 11.4 Å². The number of hydrogen-bond donors (Lipinski definition) is 1. The van der Waals surface area contributed by atoms with E-state index >= 15 is 0 Å². The molecule has 2 rings (SSSR count). The quantitative estimate of drug-likeness (QED) is 0.783. The van der Waals surface area contributed by atoms with E-state index in [1.54, 1.807) is 11.3 Å². The van der Waals surface area contributed by atoms with E-state index in [-0.39, 0.29) is 0 Å². The van der Waals surface area contributed by atoms with Gasteiger partial charge in [-0.25, -0.2) is 4.98 Å². The standard InChI is InChI=1S/C18H26N2S/c1-13(2)17-12-21-18(20-17)16(19-14(3)4)11-10-15-8-6-5-7-9-15/h5-9,12-14,16,19H,10-11H2,1-4H3. The second-order valence-electron chi connectivity index (χ2n) is 6.16. The predicted molar refractivity (Wildman–Crippen MR) is 92.0 cm³/mol. The minimum atomic E-state index is 0.350. The topological polar surface area (TPSA) is 24.9 Å². The van der Waals surface area contributed by atoms with Gasteiger partial charge in [-0.1, -0.05) is 58.0 Å². The summed E-state index contributed by atoms with van der Waals surface area (Å²) in [5, 5.41) is 7.10. The third-order valence-electron chi connectivity index (χ3n) is 3.53. The fraction of sp³-hybridized carbons (Fsp3) is 0.500. The molecule has 0 fully saturated rings. The van der Waals surface area contributed by atoms with E-state index in [1.807, 2.05) is 0 Å². The van der Waals surface area contributed by atoms with Crippen molar-refractivity contribution in [1.29, 1.82) is 0 Å². The molecule has 0 bridgehead atoms. The van der Waals surface area contributed by atoms with Crippen molar-refractivity contribution in [3.05, 3.63) is 52.0 Å². The zero-order valence-corrected chi connectivity index (χ0v) is 14.3. The van der Waals surface area contributed by atoms with Crippen LogP contribution in [-0.4, -0.2) is 11.0 Å². The van der Waals surface area contributed by atoms with Gasteiger partial charge >= 0.3 is 0 Å². The molecule has 21 heavy (non-hydrogen) atoms. The van der Waals surface area contributed by atoms with Crippen molar-refractivity contribution in [3.63, 3.8) is 0 Å². The summed E-state index contributed by atoms with van der Waals surface area (Å²) in [4.78, 5) is 4.83. The summed E-state index contributed by atoms with van der Waals surface area (Å²) in [5.74, 6) is 0.504. The molecule has 1 heterocycles. The van der Waals surface area contributed by atoms with Gasteiger partial charge in [-0.05, 0) is 24.3 Å². The van der Waals surface area contributed by atoms with E-state index < -0.39 is 0 Å². The molecule has 0 saturated heterocycles. The number of aromatic nitrogens is 1. The number of rotatable bonds is 7. The highest BCUT2D eigenvalue weighted by Crippen LogP contribution is 2.26. The third kappa shape index (κ3) is 4.94. The molecule has 3 heteroatoms. The monoisotopic (exact) mass is 302 g/mol. The van der Waals surface area contributed by atoms with Gasteiger partial charge in [-0.2, -0.15) is 0 Å². The Hall–Kier alpha value is -1.19. The maximum Gasteiger partial charge on any atom is 0.110 e. The second-order valence-corrected chi connectivity index (χ2v) is 7.05. The molecular formula is C18H26N2S. The first kappa shape index (κ1) is 16.2.